The minimum Gasteiger partial charge on any atom is -0.326 e. The molecule has 1 aromatic heterocycles. The Bertz CT molecular complexity index is 1280. The monoisotopic (exact) mass is 546 g/mol. The summed E-state index contributed by atoms with van der Waals surface area (Å²) in [7, 11) is 0. The van der Waals surface area contributed by atoms with Crippen LogP contribution in [0, 0.1) is 6.92 Å². The van der Waals surface area contributed by atoms with Crippen molar-refractivity contribution in [3.05, 3.63) is 83.1 Å². The fraction of sp³-hybridized carbons (Fsp3) is 0.200. The van der Waals surface area contributed by atoms with Crippen molar-refractivity contribution in [2.45, 2.75) is 35.8 Å². The van der Waals surface area contributed by atoms with E-state index in [0.717, 1.165) is 5.56 Å². The van der Waals surface area contributed by atoms with Gasteiger partial charge in [-0.05, 0) is 61.0 Å². The van der Waals surface area contributed by atoms with E-state index in [4.69, 9.17) is 11.6 Å². The molecule has 2 heterocycles. The van der Waals surface area contributed by atoms with Crippen LogP contribution in [0.5, 0.6) is 0 Å². The van der Waals surface area contributed by atoms with Crippen molar-refractivity contribution in [1.82, 2.24) is 9.88 Å². The third-order valence-corrected chi connectivity index (χ3v) is 7.57. The van der Waals surface area contributed by atoms with Gasteiger partial charge in [0, 0.05) is 28.2 Å². The summed E-state index contributed by atoms with van der Waals surface area (Å²) in [6.07, 6.45) is 1.58. The molecule has 0 aliphatic carbocycles. The molecular weight excluding hydrogens is 526 g/mol. The molecule has 1 aliphatic rings. The Morgan fingerprint density at radius 3 is 2.67 bits per heavy atom. The Morgan fingerprint density at radius 2 is 1.97 bits per heavy atom. The number of alkyl halides is 2. The molecule has 0 radical (unpaired) electrons. The number of hydrogen-bond acceptors (Lipinski definition) is 6. The molecule has 0 spiro atoms. The van der Waals surface area contributed by atoms with E-state index in [9.17, 15) is 18.4 Å². The third kappa shape index (κ3) is 6.63. The van der Waals surface area contributed by atoms with Gasteiger partial charge in [-0.2, -0.15) is 8.78 Å². The van der Waals surface area contributed by atoms with Crippen LogP contribution in [0.15, 0.2) is 76.7 Å². The first-order chi connectivity index (χ1) is 17.3. The molecule has 1 unspecified atom stereocenters. The van der Waals surface area contributed by atoms with E-state index in [1.807, 2.05) is 6.07 Å². The van der Waals surface area contributed by atoms with Crippen molar-refractivity contribution in [3.63, 3.8) is 0 Å². The summed E-state index contributed by atoms with van der Waals surface area (Å²) in [6.45, 7) is 1.99. The van der Waals surface area contributed by atoms with Crippen LogP contribution in [-0.2, 0) is 16.1 Å². The average Bonchev–Trinajstić information content (AvgIpc) is 3.12. The second-order valence-corrected chi connectivity index (χ2v) is 10.4. The molecule has 1 N–H and O–H groups in total. The molecule has 2 aromatic carbocycles. The molecule has 36 heavy (non-hydrogen) atoms. The summed E-state index contributed by atoms with van der Waals surface area (Å²) in [5.41, 5.74) is 2.51. The number of anilines is 1. The topological polar surface area (TPSA) is 74.7 Å². The maximum atomic E-state index is 13.3. The van der Waals surface area contributed by atoms with Crippen molar-refractivity contribution in [2.24, 2.45) is 4.99 Å². The van der Waals surface area contributed by atoms with Crippen molar-refractivity contribution < 1.29 is 18.4 Å². The van der Waals surface area contributed by atoms with Gasteiger partial charge >= 0.3 is 0 Å². The van der Waals surface area contributed by atoms with E-state index in [-0.39, 0.29) is 24.8 Å². The average molecular weight is 547 g/mol. The van der Waals surface area contributed by atoms with E-state index in [0.29, 0.717) is 43.9 Å². The lowest BCUT2D eigenvalue weighted by atomic mass is 10.2. The number of halogens is 3. The number of rotatable bonds is 8. The quantitative estimate of drug-likeness (QED) is 0.326. The molecular formula is C25H21ClF2N4O2S2. The van der Waals surface area contributed by atoms with Crippen LogP contribution < -0.4 is 5.32 Å². The summed E-state index contributed by atoms with van der Waals surface area (Å²) in [5, 5.41) is 3.09. The summed E-state index contributed by atoms with van der Waals surface area (Å²) in [4.78, 5) is 36.9. The minimum absolute atomic E-state index is 0.0584. The zero-order valence-corrected chi connectivity index (χ0v) is 21.4. The SMILES string of the molecule is Cc1c(Cl)cccc1NC(=O)CC1SC(=Nc2ccc(SC(F)F)cc2)N(Cc2ccccn2)C1=O. The van der Waals surface area contributed by atoms with Crippen LogP contribution in [0.1, 0.15) is 17.7 Å². The smallest absolute Gasteiger partial charge is 0.288 e. The van der Waals surface area contributed by atoms with Gasteiger partial charge in [0.1, 0.15) is 5.25 Å². The maximum Gasteiger partial charge on any atom is 0.288 e. The number of nitrogens with zero attached hydrogens (tertiary/aromatic N) is 3. The number of aliphatic imine (C=N–C) groups is 1. The van der Waals surface area contributed by atoms with Gasteiger partial charge in [-0.3, -0.25) is 19.5 Å². The highest BCUT2D eigenvalue weighted by Crippen LogP contribution is 2.34. The van der Waals surface area contributed by atoms with Crippen LogP contribution in [0.25, 0.3) is 0 Å². The highest BCUT2D eigenvalue weighted by atomic mass is 35.5. The predicted octanol–water partition coefficient (Wildman–Crippen LogP) is 6.52. The fourth-order valence-electron chi connectivity index (χ4n) is 3.45. The fourth-order valence-corrected chi connectivity index (χ4v) is 5.28. The Hall–Kier alpha value is -2.95. The largest absolute Gasteiger partial charge is 0.326 e. The Balaban J connectivity index is 1.54. The number of aromatic nitrogens is 1. The van der Waals surface area contributed by atoms with Crippen molar-refractivity contribution in [3.8, 4) is 0 Å². The van der Waals surface area contributed by atoms with E-state index >= 15 is 0 Å². The molecule has 1 aliphatic heterocycles. The first-order valence-corrected chi connectivity index (χ1v) is 13.0. The first-order valence-electron chi connectivity index (χ1n) is 10.9. The third-order valence-electron chi connectivity index (χ3n) is 5.27. The molecule has 0 saturated carbocycles. The standard InChI is InChI=1S/C25H21ClF2N4O2S2/c1-15-19(26)6-4-7-20(15)31-22(33)13-21-23(34)32(14-17-5-2-3-12-29-17)25(36-21)30-16-8-10-18(11-9-16)35-24(27)28/h2-12,21,24H,13-14H2,1H3,(H,31,33). The van der Waals surface area contributed by atoms with Gasteiger partial charge in [0.2, 0.25) is 11.8 Å². The van der Waals surface area contributed by atoms with Crippen molar-refractivity contribution in [2.75, 3.05) is 5.32 Å². The molecule has 2 amide bonds. The number of hydrogen-bond donors (Lipinski definition) is 1. The Kier molecular flexibility index (Phi) is 8.60. The lowest BCUT2D eigenvalue weighted by Gasteiger charge is -2.16. The molecule has 11 heteroatoms. The summed E-state index contributed by atoms with van der Waals surface area (Å²) >= 11 is 7.78. The summed E-state index contributed by atoms with van der Waals surface area (Å²) in [5.74, 6) is -3.09. The maximum absolute atomic E-state index is 13.3. The van der Waals surface area contributed by atoms with Crippen molar-refractivity contribution >= 4 is 63.5 Å². The molecule has 0 bridgehead atoms. The van der Waals surface area contributed by atoms with Gasteiger partial charge in [0.05, 0.1) is 17.9 Å². The van der Waals surface area contributed by atoms with E-state index in [1.54, 1.807) is 67.7 Å². The van der Waals surface area contributed by atoms with Crippen LogP contribution in [0.2, 0.25) is 5.02 Å². The molecule has 4 rings (SSSR count). The number of thioether (sulfide) groups is 2. The molecule has 3 aromatic rings. The zero-order chi connectivity index (χ0) is 25.7. The molecule has 186 valence electrons. The lowest BCUT2D eigenvalue weighted by molar-refractivity contribution is -0.128. The molecule has 1 fully saturated rings. The van der Waals surface area contributed by atoms with Gasteiger partial charge in [-0.25, -0.2) is 4.99 Å². The molecule has 1 atom stereocenters. The Labute approximate surface area is 220 Å². The number of carbonyl (C=O) groups excluding carboxylic acids is 2. The van der Waals surface area contributed by atoms with Gasteiger partial charge in [0.25, 0.3) is 5.76 Å². The predicted molar refractivity (Wildman–Crippen MR) is 141 cm³/mol. The van der Waals surface area contributed by atoms with Gasteiger partial charge < -0.3 is 5.32 Å². The number of carbonyl (C=O) groups is 2. The van der Waals surface area contributed by atoms with Crippen LogP contribution in [0.3, 0.4) is 0 Å². The van der Waals surface area contributed by atoms with Crippen LogP contribution in [-0.4, -0.2) is 37.9 Å². The number of amides is 2. The lowest BCUT2D eigenvalue weighted by Crippen LogP contribution is -2.33. The second kappa shape index (κ2) is 11.9. The summed E-state index contributed by atoms with van der Waals surface area (Å²) < 4.78 is 25.2. The number of nitrogens with one attached hydrogen (secondary N) is 1. The number of pyridine rings is 1. The zero-order valence-electron chi connectivity index (χ0n) is 19.0. The number of amidine groups is 1. The van der Waals surface area contributed by atoms with Gasteiger partial charge in [0.15, 0.2) is 5.17 Å². The van der Waals surface area contributed by atoms with Gasteiger partial charge in [-0.15, -0.1) is 0 Å². The summed E-state index contributed by atoms with van der Waals surface area (Å²) in [6, 6.07) is 17.0. The first kappa shape index (κ1) is 26.1. The van der Waals surface area contributed by atoms with E-state index < -0.39 is 11.0 Å². The Morgan fingerprint density at radius 1 is 1.19 bits per heavy atom. The minimum atomic E-state index is -2.51. The number of benzene rings is 2. The van der Waals surface area contributed by atoms with Crippen LogP contribution in [0.4, 0.5) is 20.2 Å². The van der Waals surface area contributed by atoms with E-state index in [1.165, 1.54) is 16.7 Å². The highest BCUT2D eigenvalue weighted by Gasteiger charge is 2.39. The second-order valence-electron chi connectivity index (χ2n) is 7.78. The van der Waals surface area contributed by atoms with Crippen LogP contribution >= 0.6 is 35.1 Å². The molecule has 6 nitrogen and oxygen atoms in total. The van der Waals surface area contributed by atoms with Gasteiger partial charge in [-0.1, -0.05) is 47.3 Å². The highest BCUT2D eigenvalue weighted by molar-refractivity contribution is 8.15. The normalized spacial score (nSPS) is 16.7. The van der Waals surface area contributed by atoms with E-state index in [2.05, 4.69) is 15.3 Å². The van der Waals surface area contributed by atoms with Crippen molar-refractivity contribution in [1.29, 1.82) is 0 Å². The molecule has 1 saturated heterocycles.